The van der Waals surface area contributed by atoms with Crippen LogP contribution in [0.25, 0.3) is 0 Å². The molecule has 0 saturated carbocycles. The first-order chi connectivity index (χ1) is 10.3. The van der Waals surface area contributed by atoms with E-state index in [2.05, 4.69) is 5.32 Å². The Hall–Kier alpha value is -2.37. The first-order valence-electron chi connectivity index (χ1n) is 6.48. The van der Waals surface area contributed by atoms with Crippen LogP contribution in [-0.2, 0) is 12.7 Å². The van der Waals surface area contributed by atoms with Crippen molar-refractivity contribution < 1.29 is 22.4 Å². The van der Waals surface area contributed by atoms with E-state index in [-0.39, 0.29) is 12.1 Å². The molecule has 0 bridgehead atoms. The molecular weight excluding hydrogens is 298 g/mol. The highest BCUT2D eigenvalue weighted by atomic mass is 19.4. The molecule has 1 N–H and O–H groups in total. The Morgan fingerprint density at radius 3 is 2.32 bits per heavy atom. The van der Waals surface area contributed by atoms with Crippen LogP contribution in [0.2, 0.25) is 0 Å². The van der Waals surface area contributed by atoms with Crippen LogP contribution in [0, 0.1) is 12.7 Å². The molecule has 0 aliphatic carbocycles. The number of amides is 1. The molecule has 2 nitrogen and oxygen atoms in total. The number of aryl methyl sites for hydroxylation is 1. The lowest BCUT2D eigenvalue weighted by Gasteiger charge is -2.13. The van der Waals surface area contributed by atoms with Crippen molar-refractivity contribution in [2.24, 2.45) is 0 Å². The summed E-state index contributed by atoms with van der Waals surface area (Å²) in [6.07, 6.45) is -4.67. The van der Waals surface area contributed by atoms with Gasteiger partial charge in [-0.3, -0.25) is 4.79 Å². The van der Waals surface area contributed by atoms with Crippen molar-refractivity contribution in [2.75, 3.05) is 0 Å². The lowest BCUT2D eigenvalue weighted by atomic mass is 10.1. The molecule has 6 heteroatoms. The van der Waals surface area contributed by atoms with Gasteiger partial charge in [0.25, 0.3) is 5.91 Å². The van der Waals surface area contributed by atoms with Gasteiger partial charge in [-0.2, -0.15) is 13.2 Å². The van der Waals surface area contributed by atoms with Crippen LogP contribution in [0.15, 0.2) is 42.5 Å². The van der Waals surface area contributed by atoms with Gasteiger partial charge < -0.3 is 5.32 Å². The van der Waals surface area contributed by atoms with E-state index in [1.165, 1.54) is 0 Å². The minimum absolute atomic E-state index is 0.186. The van der Waals surface area contributed by atoms with E-state index in [0.717, 1.165) is 17.7 Å². The lowest BCUT2D eigenvalue weighted by molar-refractivity contribution is -0.138. The third kappa shape index (κ3) is 3.84. The summed E-state index contributed by atoms with van der Waals surface area (Å²) in [5.41, 5.74) is 0.0433. The number of hydrogen-bond acceptors (Lipinski definition) is 1. The molecule has 0 unspecified atom stereocenters. The highest BCUT2D eigenvalue weighted by molar-refractivity contribution is 5.94. The molecule has 0 saturated heterocycles. The quantitative estimate of drug-likeness (QED) is 0.850. The number of rotatable bonds is 3. The van der Waals surface area contributed by atoms with Crippen LogP contribution >= 0.6 is 0 Å². The maximum absolute atomic E-state index is 13.0. The predicted molar refractivity (Wildman–Crippen MR) is 73.8 cm³/mol. The van der Waals surface area contributed by atoms with Gasteiger partial charge in [0.1, 0.15) is 5.82 Å². The molecule has 2 aromatic rings. The SMILES string of the molecule is Cc1ccc(C(=O)NCc2ccc(F)cc2C(F)(F)F)cc1. The van der Waals surface area contributed by atoms with Gasteiger partial charge in [0.05, 0.1) is 5.56 Å². The number of benzene rings is 2. The summed E-state index contributed by atoms with van der Waals surface area (Å²) >= 11 is 0. The Bertz CT molecular complexity index is 678. The molecule has 116 valence electrons. The molecule has 0 spiro atoms. The monoisotopic (exact) mass is 311 g/mol. The average molecular weight is 311 g/mol. The fraction of sp³-hybridized carbons (Fsp3) is 0.188. The van der Waals surface area contributed by atoms with Crippen LogP contribution in [-0.4, -0.2) is 5.91 Å². The molecular formula is C16H13F4NO. The Balaban J connectivity index is 2.15. The van der Waals surface area contributed by atoms with E-state index < -0.39 is 23.5 Å². The highest BCUT2D eigenvalue weighted by Gasteiger charge is 2.33. The summed E-state index contributed by atoms with van der Waals surface area (Å²) in [4.78, 5) is 11.9. The van der Waals surface area contributed by atoms with Crippen molar-refractivity contribution in [3.8, 4) is 0 Å². The number of alkyl halides is 3. The minimum atomic E-state index is -4.67. The van der Waals surface area contributed by atoms with Crippen molar-refractivity contribution in [1.29, 1.82) is 0 Å². The molecule has 22 heavy (non-hydrogen) atoms. The Morgan fingerprint density at radius 2 is 1.73 bits per heavy atom. The molecule has 0 radical (unpaired) electrons. The number of carbonyl (C=O) groups excluding carboxylic acids is 1. The smallest absolute Gasteiger partial charge is 0.348 e. The van der Waals surface area contributed by atoms with Crippen molar-refractivity contribution in [2.45, 2.75) is 19.6 Å². The number of carbonyl (C=O) groups is 1. The molecule has 1 amide bonds. The Morgan fingerprint density at radius 1 is 1.09 bits per heavy atom. The van der Waals surface area contributed by atoms with Gasteiger partial charge in [-0.1, -0.05) is 23.8 Å². The summed E-state index contributed by atoms with van der Waals surface area (Å²) in [5.74, 6) is -1.46. The van der Waals surface area contributed by atoms with Crippen molar-refractivity contribution >= 4 is 5.91 Å². The summed E-state index contributed by atoms with van der Waals surface area (Å²) in [7, 11) is 0. The maximum Gasteiger partial charge on any atom is 0.416 e. The largest absolute Gasteiger partial charge is 0.416 e. The standard InChI is InChI=1S/C16H13F4NO/c1-10-2-4-11(5-3-10)15(22)21-9-12-6-7-13(17)8-14(12)16(18,19)20/h2-8H,9H2,1H3,(H,21,22). The summed E-state index contributed by atoms with van der Waals surface area (Å²) in [6.45, 7) is 1.53. The minimum Gasteiger partial charge on any atom is -0.348 e. The fourth-order valence-electron chi connectivity index (χ4n) is 1.95. The van der Waals surface area contributed by atoms with Crippen molar-refractivity contribution in [3.63, 3.8) is 0 Å². The fourth-order valence-corrected chi connectivity index (χ4v) is 1.95. The van der Waals surface area contributed by atoms with Gasteiger partial charge in [-0.15, -0.1) is 0 Å². The summed E-state index contributed by atoms with van der Waals surface area (Å²) in [5, 5.41) is 2.41. The van der Waals surface area contributed by atoms with Crippen LogP contribution in [0.5, 0.6) is 0 Å². The van der Waals surface area contributed by atoms with Crippen molar-refractivity contribution in [1.82, 2.24) is 5.32 Å². The van der Waals surface area contributed by atoms with Crippen LogP contribution in [0.3, 0.4) is 0 Å². The number of halogens is 4. The second-order valence-electron chi connectivity index (χ2n) is 4.85. The van der Waals surface area contributed by atoms with Gasteiger partial charge in [0.2, 0.25) is 0 Å². The average Bonchev–Trinajstić information content (AvgIpc) is 2.45. The molecule has 0 aromatic heterocycles. The number of hydrogen-bond donors (Lipinski definition) is 1. The molecule has 0 aliphatic rings. The van der Waals surface area contributed by atoms with Crippen LogP contribution in [0.1, 0.15) is 27.0 Å². The van der Waals surface area contributed by atoms with Crippen LogP contribution < -0.4 is 5.32 Å². The van der Waals surface area contributed by atoms with E-state index in [0.29, 0.717) is 11.6 Å². The third-order valence-corrected chi connectivity index (χ3v) is 3.13. The molecule has 0 fully saturated rings. The van der Waals surface area contributed by atoms with Gasteiger partial charge in [-0.05, 0) is 36.8 Å². The van der Waals surface area contributed by atoms with E-state index in [1.807, 2.05) is 6.92 Å². The molecule has 2 rings (SSSR count). The number of nitrogens with one attached hydrogen (secondary N) is 1. The van der Waals surface area contributed by atoms with Gasteiger partial charge in [0, 0.05) is 12.1 Å². The second kappa shape index (κ2) is 6.17. The van der Waals surface area contributed by atoms with Crippen molar-refractivity contribution in [3.05, 3.63) is 70.5 Å². The Kier molecular flexibility index (Phi) is 4.49. The van der Waals surface area contributed by atoms with Gasteiger partial charge >= 0.3 is 6.18 Å². The van der Waals surface area contributed by atoms with E-state index in [4.69, 9.17) is 0 Å². The first kappa shape index (κ1) is 16.0. The molecule has 0 heterocycles. The van der Waals surface area contributed by atoms with E-state index in [1.54, 1.807) is 24.3 Å². The normalized spacial score (nSPS) is 11.3. The Labute approximate surface area is 124 Å². The molecule has 2 aromatic carbocycles. The van der Waals surface area contributed by atoms with E-state index in [9.17, 15) is 22.4 Å². The highest BCUT2D eigenvalue weighted by Crippen LogP contribution is 2.32. The third-order valence-electron chi connectivity index (χ3n) is 3.13. The lowest BCUT2D eigenvalue weighted by Crippen LogP contribution is -2.24. The molecule has 0 aliphatic heterocycles. The van der Waals surface area contributed by atoms with Gasteiger partial charge in [0.15, 0.2) is 0 Å². The summed E-state index contributed by atoms with van der Waals surface area (Å²) < 4.78 is 51.5. The zero-order valence-electron chi connectivity index (χ0n) is 11.7. The topological polar surface area (TPSA) is 29.1 Å². The van der Waals surface area contributed by atoms with E-state index >= 15 is 0 Å². The maximum atomic E-state index is 13.0. The molecule has 0 atom stereocenters. The predicted octanol–water partition coefficient (Wildman–Crippen LogP) is 4.08. The van der Waals surface area contributed by atoms with Crippen LogP contribution in [0.4, 0.5) is 17.6 Å². The zero-order chi connectivity index (χ0) is 16.3. The zero-order valence-corrected chi connectivity index (χ0v) is 11.7. The first-order valence-corrected chi connectivity index (χ1v) is 6.48. The second-order valence-corrected chi connectivity index (χ2v) is 4.85. The summed E-state index contributed by atoms with van der Waals surface area (Å²) in [6, 6.07) is 9.01. The van der Waals surface area contributed by atoms with Gasteiger partial charge in [-0.25, -0.2) is 4.39 Å².